The summed E-state index contributed by atoms with van der Waals surface area (Å²) in [6.45, 7) is 6.69. The summed E-state index contributed by atoms with van der Waals surface area (Å²) >= 11 is 2.02. The summed E-state index contributed by atoms with van der Waals surface area (Å²) in [5.74, 6) is 2.22. The van der Waals surface area contributed by atoms with Crippen LogP contribution >= 0.6 is 11.8 Å². The van der Waals surface area contributed by atoms with E-state index in [9.17, 15) is 0 Å². The third-order valence-electron chi connectivity index (χ3n) is 3.58. The summed E-state index contributed by atoms with van der Waals surface area (Å²) < 4.78 is 0. The van der Waals surface area contributed by atoms with Crippen molar-refractivity contribution in [2.75, 3.05) is 18.0 Å². The maximum absolute atomic E-state index is 4.75. The Morgan fingerprint density at radius 3 is 2.94 bits per heavy atom. The van der Waals surface area contributed by atoms with Crippen molar-refractivity contribution in [3.63, 3.8) is 0 Å². The highest BCUT2D eigenvalue weighted by Gasteiger charge is 2.31. The van der Waals surface area contributed by atoms with E-state index in [-0.39, 0.29) is 0 Å². The molecule has 1 unspecified atom stereocenters. The standard InChI is InChI=1S/C13H19N3S/c1-3-10-12-13(15-11(4-2)14-10)16-7-5-6-9(8-16)17-12/h9H,3-8H2,1-2H3. The molecule has 1 saturated heterocycles. The summed E-state index contributed by atoms with van der Waals surface area (Å²) in [6.07, 6.45) is 4.61. The van der Waals surface area contributed by atoms with Crippen molar-refractivity contribution in [1.29, 1.82) is 0 Å². The summed E-state index contributed by atoms with van der Waals surface area (Å²) in [7, 11) is 0. The lowest BCUT2D eigenvalue weighted by Crippen LogP contribution is -2.41. The third kappa shape index (κ3) is 1.92. The Morgan fingerprint density at radius 2 is 2.18 bits per heavy atom. The van der Waals surface area contributed by atoms with Crippen LogP contribution < -0.4 is 4.90 Å². The number of nitrogens with zero attached hydrogens (tertiary/aromatic N) is 3. The highest BCUT2D eigenvalue weighted by Crippen LogP contribution is 2.42. The number of hydrogen-bond donors (Lipinski definition) is 0. The van der Waals surface area contributed by atoms with E-state index in [1.807, 2.05) is 11.8 Å². The van der Waals surface area contributed by atoms with Gasteiger partial charge in [0.1, 0.15) is 11.6 Å². The second-order valence-corrected chi connectivity index (χ2v) is 6.09. The van der Waals surface area contributed by atoms with Crippen LogP contribution in [-0.2, 0) is 12.8 Å². The first-order valence-corrected chi connectivity index (χ1v) is 7.51. The normalized spacial score (nSPS) is 22.5. The number of aryl methyl sites for hydroxylation is 2. The maximum Gasteiger partial charge on any atom is 0.146 e. The van der Waals surface area contributed by atoms with Crippen molar-refractivity contribution in [3.8, 4) is 0 Å². The zero-order valence-electron chi connectivity index (χ0n) is 10.6. The fourth-order valence-corrected chi connectivity index (χ4v) is 4.14. The van der Waals surface area contributed by atoms with Crippen LogP contribution in [0.25, 0.3) is 0 Å². The van der Waals surface area contributed by atoms with Crippen LogP contribution in [0.4, 0.5) is 5.82 Å². The van der Waals surface area contributed by atoms with E-state index in [0.29, 0.717) is 0 Å². The van der Waals surface area contributed by atoms with E-state index in [4.69, 9.17) is 9.97 Å². The summed E-state index contributed by atoms with van der Waals surface area (Å²) in [6, 6.07) is 0. The van der Waals surface area contributed by atoms with Crippen molar-refractivity contribution in [3.05, 3.63) is 11.5 Å². The second-order valence-electron chi connectivity index (χ2n) is 4.77. The number of hydrogen-bond acceptors (Lipinski definition) is 4. The van der Waals surface area contributed by atoms with Crippen molar-refractivity contribution < 1.29 is 0 Å². The average Bonchev–Trinajstić information content (AvgIpc) is 2.38. The monoisotopic (exact) mass is 249 g/mol. The van der Waals surface area contributed by atoms with Gasteiger partial charge in [-0.25, -0.2) is 9.97 Å². The van der Waals surface area contributed by atoms with E-state index in [1.165, 1.54) is 42.3 Å². The SMILES string of the molecule is CCc1nc(CC)c2c(n1)N1CCCC(C1)S2. The predicted molar refractivity (Wildman–Crippen MR) is 71.9 cm³/mol. The first kappa shape index (κ1) is 11.3. The molecule has 0 N–H and O–H groups in total. The molecule has 2 aliphatic heterocycles. The van der Waals surface area contributed by atoms with Gasteiger partial charge in [-0.15, -0.1) is 11.8 Å². The second kappa shape index (κ2) is 4.48. The number of anilines is 1. The highest BCUT2D eigenvalue weighted by molar-refractivity contribution is 8.00. The van der Waals surface area contributed by atoms with Gasteiger partial charge in [-0.3, -0.25) is 0 Å². The molecular formula is C13H19N3S. The molecule has 0 spiro atoms. The molecule has 0 aromatic carbocycles. The van der Waals surface area contributed by atoms with Crippen molar-refractivity contribution in [2.45, 2.75) is 49.7 Å². The van der Waals surface area contributed by atoms with Gasteiger partial charge in [0.15, 0.2) is 0 Å². The van der Waals surface area contributed by atoms with E-state index in [0.717, 1.165) is 23.9 Å². The number of thioether (sulfide) groups is 1. The smallest absolute Gasteiger partial charge is 0.146 e. The average molecular weight is 249 g/mol. The molecule has 17 heavy (non-hydrogen) atoms. The molecule has 3 nitrogen and oxygen atoms in total. The molecule has 3 rings (SSSR count). The van der Waals surface area contributed by atoms with Gasteiger partial charge < -0.3 is 4.90 Å². The first-order valence-electron chi connectivity index (χ1n) is 6.63. The Kier molecular flexibility index (Phi) is 2.99. The Balaban J connectivity index is 2.09. The lowest BCUT2D eigenvalue weighted by atomic mass is 10.1. The Morgan fingerprint density at radius 1 is 1.29 bits per heavy atom. The number of fused-ring (bicyclic) bond motifs is 4. The number of piperidine rings is 1. The van der Waals surface area contributed by atoms with E-state index >= 15 is 0 Å². The number of rotatable bonds is 2. The molecule has 0 amide bonds. The Hall–Kier alpha value is -0.770. The molecule has 2 bridgehead atoms. The minimum Gasteiger partial charge on any atom is -0.354 e. The molecule has 0 saturated carbocycles. The van der Waals surface area contributed by atoms with Gasteiger partial charge in [0.05, 0.1) is 10.6 Å². The first-order chi connectivity index (χ1) is 8.31. The molecule has 2 aliphatic rings. The lowest BCUT2D eigenvalue weighted by Gasteiger charge is -2.39. The van der Waals surface area contributed by atoms with Crippen molar-refractivity contribution >= 4 is 17.6 Å². The van der Waals surface area contributed by atoms with Crippen LogP contribution in [0.3, 0.4) is 0 Å². The Labute approximate surface area is 107 Å². The van der Waals surface area contributed by atoms with Crippen LogP contribution in [-0.4, -0.2) is 28.3 Å². The Bertz CT molecular complexity index is 433. The molecule has 0 aliphatic carbocycles. The van der Waals surface area contributed by atoms with Gasteiger partial charge in [-0.1, -0.05) is 13.8 Å². The maximum atomic E-state index is 4.75. The number of aromatic nitrogens is 2. The molecule has 1 atom stereocenters. The zero-order chi connectivity index (χ0) is 11.8. The van der Waals surface area contributed by atoms with Gasteiger partial charge in [0.25, 0.3) is 0 Å². The van der Waals surface area contributed by atoms with E-state index in [1.54, 1.807) is 0 Å². The van der Waals surface area contributed by atoms with Gasteiger partial charge in [0.2, 0.25) is 0 Å². The van der Waals surface area contributed by atoms with Crippen molar-refractivity contribution in [2.24, 2.45) is 0 Å². The van der Waals surface area contributed by atoms with E-state index < -0.39 is 0 Å². The van der Waals surface area contributed by atoms with Crippen LogP contribution in [0.1, 0.15) is 38.2 Å². The molecule has 1 fully saturated rings. The van der Waals surface area contributed by atoms with Crippen LogP contribution in [0.5, 0.6) is 0 Å². The molecule has 1 aromatic rings. The highest BCUT2D eigenvalue weighted by atomic mass is 32.2. The molecule has 3 heterocycles. The third-order valence-corrected chi connectivity index (χ3v) is 4.95. The fraction of sp³-hybridized carbons (Fsp3) is 0.692. The van der Waals surface area contributed by atoms with Crippen LogP contribution in [0, 0.1) is 0 Å². The molecule has 0 radical (unpaired) electrons. The minimum absolute atomic E-state index is 0.762. The largest absolute Gasteiger partial charge is 0.354 e. The van der Waals surface area contributed by atoms with Gasteiger partial charge in [-0.05, 0) is 19.3 Å². The lowest BCUT2D eigenvalue weighted by molar-refractivity contribution is 0.568. The summed E-state index contributed by atoms with van der Waals surface area (Å²) in [5.41, 5.74) is 1.26. The molecular weight excluding hydrogens is 230 g/mol. The van der Waals surface area contributed by atoms with Crippen LogP contribution in [0.15, 0.2) is 4.90 Å². The predicted octanol–water partition coefficient (Wildman–Crippen LogP) is 2.68. The summed E-state index contributed by atoms with van der Waals surface area (Å²) in [4.78, 5) is 13.3. The molecule has 1 aromatic heterocycles. The van der Waals surface area contributed by atoms with Gasteiger partial charge >= 0.3 is 0 Å². The topological polar surface area (TPSA) is 29.0 Å². The van der Waals surface area contributed by atoms with E-state index in [2.05, 4.69) is 18.7 Å². The molecule has 92 valence electrons. The fourth-order valence-electron chi connectivity index (χ4n) is 2.66. The summed E-state index contributed by atoms with van der Waals surface area (Å²) in [5, 5.41) is 0.762. The van der Waals surface area contributed by atoms with Crippen LogP contribution in [0.2, 0.25) is 0 Å². The quantitative estimate of drug-likeness (QED) is 0.806. The van der Waals surface area contributed by atoms with Gasteiger partial charge in [0, 0.05) is 24.8 Å². The zero-order valence-corrected chi connectivity index (χ0v) is 11.4. The molecule has 4 heteroatoms. The van der Waals surface area contributed by atoms with Gasteiger partial charge in [-0.2, -0.15) is 0 Å². The van der Waals surface area contributed by atoms with Crippen molar-refractivity contribution in [1.82, 2.24) is 9.97 Å². The minimum atomic E-state index is 0.762.